The van der Waals surface area contributed by atoms with Gasteiger partial charge >= 0.3 is 0 Å². The highest BCUT2D eigenvalue weighted by Crippen LogP contribution is 2.23. The summed E-state index contributed by atoms with van der Waals surface area (Å²) in [6.07, 6.45) is 0.155. The second kappa shape index (κ2) is 6.11. The minimum Gasteiger partial charge on any atom is -0.395 e. The Morgan fingerprint density at radius 3 is 2.71 bits per heavy atom. The van der Waals surface area contributed by atoms with Gasteiger partial charge in [0, 0.05) is 26.2 Å². The SMILES string of the molecule is COCC(N)C(CO)N1CC(C)OC(C)(C)C1. The van der Waals surface area contributed by atoms with E-state index in [4.69, 9.17) is 15.2 Å². The Kier molecular flexibility index (Phi) is 5.34. The number of nitrogens with zero attached hydrogens (tertiary/aromatic N) is 1. The number of rotatable bonds is 5. The fourth-order valence-corrected chi connectivity index (χ4v) is 2.58. The van der Waals surface area contributed by atoms with Crippen molar-refractivity contribution in [3.63, 3.8) is 0 Å². The van der Waals surface area contributed by atoms with Gasteiger partial charge in [0.2, 0.25) is 0 Å². The first-order valence-corrected chi connectivity index (χ1v) is 6.17. The van der Waals surface area contributed by atoms with E-state index in [0.29, 0.717) is 6.61 Å². The predicted octanol–water partition coefficient (Wildman–Crippen LogP) is -0.180. The lowest BCUT2D eigenvalue weighted by molar-refractivity contribution is -0.144. The molecule has 1 heterocycles. The van der Waals surface area contributed by atoms with Crippen LogP contribution in [0.5, 0.6) is 0 Å². The third kappa shape index (κ3) is 4.19. The van der Waals surface area contributed by atoms with E-state index in [-0.39, 0.29) is 30.4 Å². The van der Waals surface area contributed by atoms with E-state index in [1.807, 2.05) is 6.92 Å². The lowest BCUT2D eigenvalue weighted by Crippen LogP contribution is -2.61. The molecule has 1 saturated heterocycles. The van der Waals surface area contributed by atoms with Crippen molar-refractivity contribution in [1.82, 2.24) is 4.90 Å². The third-order valence-electron chi connectivity index (χ3n) is 3.11. The Labute approximate surface area is 104 Å². The second-order valence-corrected chi connectivity index (χ2v) is 5.49. The van der Waals surface area contributed by atoms with Crippen LogP contribution in [0, 0.1) is 0 Å². The molecule has 0 bridgehead atoms. The molecule has 1 fully saturated rings. The molecule has 0 aliphatic carbocycles. The average Bonchev–Trinajstić information content (AvgIpc) is 2.15. The molecule has 0 aromatic carbocycles. The third-order valence-corrected chi connectivity index (χ3v) is 3.11. The maximum atomic E-state index is 9.51. The van der Waals surface area contributed by atoms with Crippen molar-refractivity contribution < 1.29 is 14.6 Å². The molecule has 1 rings (SSSR count). The Morgan fingerprint density at radius 2 is 2.24 bits per heavy atom. The molecule has 3 atom stereocenters. The Balaban J connectivity index is 2.67. The standard InChI is InChI=1S/C12H26N2O3/c1-9-5-14(8-12(2,3)17-9)11(6-15)10(13)7-16-4/h9-11,15H,5-8,13H2,1-4H3. The number of ether oxygens (including phenoxy) is 2. The number of aliphatic hydroxyl groups is 1. The summed E-state index contributed by atoms with van der Waals surface area (Å²) in [6.45, 7) is 8.25. The average molecular weight is 246 g/mol. The molecule has 0 amide bonds. The van der Waals surface area contributed by atoms with Crippen LogP contribution in [0.1, 0.15) is 20.8 Å². The van der Waals surface area contributed by atoms with Gasteiger partial charge in [-0.2, -0.15) is 0 Å². The summed E-state index contributed by atoms with van der Waals surface area (Å²) in [7, 11) is 1.63. The number of hydrogen-bond donors (Lipinski definition) is 2. The Hall–Kier alpha value is -0.200. The molecule has 0 radical (unpaired) electrons. The number of morpholine rings is 1. The van der Waals surface area contributed by atoms with E-state index >= 15 is 0 Å². The predicted molar refractivity (Wildman–Crippen MR) is 66.9 cm³/mol. The summed E-state index contributed by atoms with van der Waals surface area (Å²) in [4.78, 5) is 2.21. The van der Waals surface area contributed by atoms with E-state index in [1.165, 1.54) is 0 Å². The fraction of sp³-hybridized carbons (Fsp3) is 1.00. The van der Waals surface area contributed by atoms with Gasteiger partial charge in [-0.3, -0.25) is 4.90 Å². The number of hydrogen-bond acceptors (Lipinski definition) is 5. The van der Waals surface area contributed by atoms with Crippen LogP contribution in [0.15, 0.2) is 0 Å². The molecule has 17 heavy (non-hydrogen) atoms. The van der Waals surface area contributed by atoms with Gasteiger partial charge in [0.05, 0.1) is 31.0 Å². The van der Waals surface area contributed by atoms with Crippen molar-refractivity contribution in [2.24, 2.45) is 5.73 Å². The summed E-state index contributed by atoms with van der Waals surface area (Å²) < 4.78 is 10.9. The first-order valence-electron chi connectivity index (χ1n) is 6.17. The molecule has 102 valence electrons. The number of nitrogens with two attached hydrogens (primary N) is 1. The maximum Gasteiger partial charge on any atom is 0.0757 e. The summed E-state index contributed by atoms with van der Waals surface area (Å²) in [6, 6.07) is -0.244. The van der Waals surface area contributed by atoms with Crippen LogP contribution < -0.4 is 5.73 Å². The molecule has 1 aliphatic heterocycles. The van der Waals surface area contributed by atoms with Crippen molar-refractivity contribution in [2.45, 2.75) is 44.6 Å². The van der Waals surface area contributed by atoms with E-state index in [1.54, 1.807) is 7.11 Å². The highest BCUT2D eigenvalue weighted by Gasteiger charge is 2.36. The Morgan fingerprint density at radius 1 is 1.59 bits per heavy atom. The summed E-state index contributed by atoms with van der Waals surface area (Å²) in [5.74, 6) is 0. The smallest absolute Gasteiger partial charge is 0.0757 e. The molecule has 0 spiro atoms. The van der Waals surface area contributed by atoms with E-state index in [2.05, 4.69) is 18.7 Å². The second-order valence-electron chi connectivity index (χ2n) is 5.49. The zero-order valence-corrected chi connectivity index (χ0v) is 11.3. The van der Waals surface area contributed by atoms with Gasteiger partial charge in [0.25, 0.3) is 0 Å². The van der Waals surface area contributed by atoms with Crippen LogP contribution in [-0.2, 0) is 9.47 Å². The molecule has 1 aliphatic rings. The van der Waals surface area contributed by atoms with Gasteiger partial charge in [0.1, 0.15) is 0 Å². The van der Waals surface area contributed by atoms with E-state index in [9.17, 15) is 5.11 Å². The fourth-order valence-electron chi connectivity index (χ4n) is 2.58. The highest BCUT2D eigenvalue weighted by molar-refractivity contribution is 4.90. The van der Waals surface area contributed by atoms with Crippen molar-refractivity contribution in [1.29, 1.82) is 0 Å². The lowest BCUT2D eigenvalue weighted by Gasteiger charge is -2.46. The van der Waals surface area contributed by atoms with Crippen LogP contribution in [0.3, 0.4) is 0 Å². The van der Waals surface area contributed by atoms with Gasteiger partial charge in [-0.1, -0.05) is 0 Å². The van der Waals surface area contributed by atoms with Crippen LogP contribution in [0.4, 0.5) is 0 Å². The molecule has 3 unspecified atom stereocenters. The molecular weight excluding hydrogens is 220 g/mol. The maximum absolute atomic E-state index is 9.51. The van der Waals surface area contributed by atoms with Gasteiger partial charge in [-0.25, -0.2) is 0 Å². The topological polar surface area (TPSA) is 68.0 Å². The molecular formula is C12H26N2O3. The van der Waals surface area contributed by atoms with Crippen LogP contribution in [0.2, 0.25) is 0 Å². The normalized spacial score (nSPS) is 28.9. The summed E-state index contributed by atoms with van der Waals surface area (Å²) in [5.41, 5.74) is 5.84. The van der Waals surface area contributed by atoms with Gasteiger partial charge in [-0.05, 0) is 20.8 Å². The van der Waals surface area contributed by atoms with Crippen molar-refractivity contribution in [3.8, 4) is 0 Å². The molecule has 0 saturated carbocycles. The largest absolute Gasteiger partial charge is 0.395 e. The molecule has 5 nitrogen and oxygen atoms in total. The van der Waals surface area contributed by atoms with Crippen LogP contribution >= 0.6 is 0 Å². The zero-order valence-electron chi connectivity index (χ0n) is 11.3. The van der Waals surface area contributed by atoms with Crippen molar-refractivity contribution in [3.05, 3.63) is 0 Å². The van der Waals surface area contributed by atoms with Gasteiger partial charge in [0.15, 0.2) is 0 Å². The first kappa shape index (κ1) is 14.9. The van der Waals surface area contributed by atoms with Crippen LogP contribution in [0.25, 0.3) is 0 Å². The molecule has 0 aromatic heterocycles. The monoisotopic (exact) mass is 246 g/mol. The number of methoxy groups -OCH3 is 1. The van der Waals surface area contributed by atoms with Crippen LogP contribution in [-0.4, -0.2) is 67.2 Å². The van der Waals surface area contributed by atoms with Gasteiger partial charge < -0.3 is 20.3 Å². The minimum absolute atomic E-state index is 0.0489. The van der Waals surface area contributed by atoms with E-state index in [0.717, 1.165) is 13.1 Å². The summed E-state index contributed by atoms with van der Waals surface area (Å²) >= 11 is 0. The van der Waals surface area contributed by atoms with Crippen molar-refractivity contribution >= 4 is 0 Å². The zero-order chi connectivity index (χ0) is 13.1. The van der Waals surface area contributed by atoms with Gasteiger partial charge in [-0.15, -0.1) is 0 Å². The minimum atomic E-state index is -0.197. The Bertz CT molecular complexity index is 236. The van der Waals surface area contributed by atoms with Crippen molar-refractivity contribution in [2.75, 3.05) is 33.4 Å². The molecule has 3 N–H and O–H groups in total. The number of aliphatic hydroxyl groups excluding tert-OH is 1. The first-order chi connectivity index (χ1) is 7.89. The van der Waals surface area contributed by atoms with E-state index < -0.39 is 0 Å². The molecule has 5 heteroatoms. The summed E-state index contributed by atoms with van der Waals surface area (Å²) in [5, 5.41) is 9.51. The lowest BCUT2D eigenvalue weighted by atomic mass is 10.0. The molecule has 0 aromatic rings. The highest BCUT2D eigenvalue weighted by atomic mass is 16.5. The quantitative estimate of drug-likeness (QED) is 0.704.